The molecule has 40 heavy (non-hydrogen) atoms. The molecule has 2 saturated heterocycles. The molecular weight excluding hydrogens is 502 g/mol. The summed E-state index contributed by atoms with van der Waals surface area (Å²) in [6.07, 6.45) is 1.72. The molecule has 4 amide bonds. The summed E-state index contributed by atoms with van der Waals surface area (Å²) < 4.78 is 0. The second-order valence-electron chi connectivity index (χ2n) is 10.7. The summed E-state index contributed by atoms with van der Waals surface area (Å²) in [5.74, 6) is -0.219. The number of hydrogen-bond donors (Lipinski definition) is 2. The molecule has 2 fully saturated rings. The van der Waals surface area contributed by atoms with Gasteiger partial charge in [0.1, 0.15) is 12.1 Å². The van der Waals surface area contributed by atoms with Crippen LogP contribution in [-0.2, 0) is 16.0 Å². The maximum absolute atomic E-state index is 13.9. The SMILES string of the molecule is Cc1cccc(NC(=O)N2CCC3(CC2)C(=O)N(CC(=O)NCCc2ccccc2)CN3c2ccccc2)c1C. The molecule has 0 radical (unpaired) electrons. The molecule has 0 unspecified atom stereocenters. The fraction of sp³-hybridized carbons (Fsp3) is 0.344. The van der Waals surface area contributed by atoms with Crippen LogP contribution in [0.5, 0.6) is 0 Å². The van der Waals surface area contributed by atoms with E-state index in [1.165, 1.54) is 0 Å². The lowest BCUT2D eigenvalue weighted by Gasteiger charge is -2.43. The van der Waals surface area contributed by atoms with Gasteiger partial charge in [-0.05, 0) is 68.0 Å². The minimum atomic E-state index is -0.790. The number of benzene rings is 3. The van der Waals surface area contributed by atoms with Gasteiger partial charge in [-0.2, -0.15) is 0 Å². The Morgan fingerprint density at radius 1 is 0.875 bits per heavy atom. The van der Waals surface area contributed by atoms with E-state index < -0.39 is 5.54 Å². The molecule has 1 spiro atoms. The number of likely N-dealkylation sites (tertiary alicyclic amines) is 1. The van der Waals surface area contributed by atoms with Gasteiger partial charge in [-0.1, -0.05) is 60.7 Å². The van der Waals surface area contributed by atoms with E-state index >= 15 is 0 Å². The van der Waals surface area contributed by atoms with Crippen LogP contribution >= 0.6 is 0 Å². The molecule has 2 aliphatic heterocycles. The lowest BCUT2D eigenvalue weighted by atomic mass is 9.85. The van der Waals surface area contributed by atoms with Crippen molar-refractivity contribution in [2.45, 2.75) is 38.6 Å². The van der Waals surface area contributed by atoms with Crippen molar-refractivity contribution in [1.29, 1.82) is 0 Å². The Balaban J connectivity index is 1.25. The van der Waals surface area contributed by atoms with Crippen LogP contribution in [0.25, 0.3) is 0 Å². The van der Waals surface area contributed by atoms with Crippen molar-refractivity contribution in [3.8, 4) is 0 Å². The molecule has 3 aromatic rings. The van der Waals surface area contributed by atoms with Crippen LogP contribution in [0, 0.1) is 13.8 Å². The van der Waals surface area contributed by atoms with E-state index in [-0.39, 0.29) is 24.4 Å². The van der Waals surface area contributed by atoms with Crippen LogP contribution in [-0.4, -0.2) is 66.0 Å². The van der Waals surface area contributed by atoms with E-state index in [1.54, 1.807) is 9.80 Å². The third-order valence-electron chi connectivity index (χ3n) is 8.22. The molecule has 2 heterocycles. The fourth-order valence-corrected chi connectivity index (χ4v) is 5.70. The fourth-order valence-electron chi connectivity index (χ4n) is 5.70. The second-order valence-corrected chi connectivity index (χ2v) is 10.7. The van der Waals surface area contributed by atoms with Crippen molar-refractivity contribution >= 4 is 29.2 Å². The predicted octanol–water partition coefficient (Wildman–Crippen LogP) is 4.34. The predicted molar refractivity (Wildman–Crippen MR) is 157 cm³/mol. The molecule has 0 atom stereocenters. The average Bonchev–Trinajstić information content (AvgIpc) is 3.23. The molecule has 0 aliphatic carbocycles. The second kappa shape index (κ2) is 11.8. The number of amides is 4. The van der Waals surface area contributed by atoms with Gasteiger partial charge in [-0.3, -0.25) is 9.59 Å². The first-order valence-corrected chi connectivity index (χ1v) is 13.9. The number of piperidine rings is 1. The Morgan fingerprint density at radius 2 is 1.55 bits per heavy atom. The largest absolute Gasteiger partial charge is 0.354 e. The molecule has 2 aliphatic rings. The van der Waals surface area contributed by atoms with E-state index in [2.05, 4.69) is 15.5 Å². The van der Waals surface area contributed by atoms with Crippen molar-refractivity contribution < 1.29 is 14.4 Å². The number of aryl methyl sites for hydroxylation is 1. The van der Waals surface area contributed by atoms with Gasteiger partial charge in [0, 0.05) is 31.0 Å². The minimum Gasteiger partial charge on any atom is -0.354 e. The first kappa shape index (κ1) is 27.2. The van der Waals surface area contributed by atoms with Gasteiger partial charge < -0.3 is 25.3 Å². The number of rotatable bonds is 7. The van der Waals surface area contributed by atoms with Crippen LogP contribution < -0.4 is 15.5 Å². The van der Waals surface area contributed by atoms with Gasteiger partial charge in [0.05, 0.1) is 6.67 Å². The Kier molecular flexibility index (Phi) is 8.05. The number of carbonyl (C=O) groups excluding carboxylic acids is 3. The average molecular weight is 540 g/mol. The maximum atomic E-state index is 13.9. The molecule has 0 saturated carbocycles. The number of anilines is 2. The molecule has 0 bridgehead atoms. The van der Waals surface area contributed by atoms with Crippen molar-refractivity contribution in [2.75, 3.05) is 43.1 Å². The summed E-state index contributed by atoms with van der Waals surface area (Å²) in [5.41, 5.74) is 4.27. The summed E-state index contributed by atoms with van der Waals surface area (Å²) >= 11 is 0. The lowest BCUT2D eigenvalue weighted by molar-refractivity contribution is -0.137. The number of hydrogen-bond acceptors (Lipinski definition) is 4. The van der Waals surface area contributed by atoms with Gasteiger partial charge in [0.15, 0.2) is 0 Å². The summed E-state index contributed by atoms with van der Waals surface area (Å²) in [4.78, 5) is 45.4. The van der Waals surface area contributed by atoms with Crippen LogP contribution in [0.1, 0.15) is 29.5 Å². The molecule has 2 N–H and O–H groups in total. The van der Waals surface area contributed by atoms with Crippen LogP contribution in [0.3, 0.4) is 0 Å². The summed E-state index contributed by atoms with van der Waals surface area (Å²) in [6.45, 7) is 5.78. The molecule has 8 heteroatoms. The van der Waals surface area contributed by atoms with Crippen LogP contribution in [0.4, 0.5) is 16.2 Å². The zero-order valence-corrected chi connectivity index (χ0v) is 23.2. The Morgan fingerprint density at radius 3 is 2.25 bits per heavy atom. The van der Waals surface area contributed by atoms with Crippen LogP contribution in [0.2, 0.25) is 0 Å². The lowest BCUT2D eigenvalue weighted by Crippen LogP contribution is -2.58. The number of nitrogens with zero attached hydrogens (tertiary/aromatic N) is 3. The van der Waals surface area contributed by atoms with E-state index in [4.69, 9.17) is 0 Å². The first-order chi connectivity index (χ1) is 19.4. The highest BCUT2D eigenvalue weighted by atomic mass is 16.2. The quantitative estimate of drug-likeness (QED) is 0.468. The molecule has 0 aromatic heterocycles. The van der Waals surface area contributed by atoms with Gasteiger partial charge in [0.25, 0.3) is 5.91 Å². The van der Waals surface area contributed by atoms with E-state index in [0.29, 0.717) is 39.1 Å². The third kappa shape index (κ3) is 5.66. The minimum absolute atomic E-state index is 0.00947. The molecule has 208 valence electrons. The third-order valence-corrected chi connectivity index (χ3v) is 8.22. The zero-order valence-electron chi connectivity index (χ0n) is 23.2. The van der Waals surface area contributed by atoms with Gasteiger partial charge in [-0.15, -0.1) is 0 Å². The standard InChI is InChI=1S/C32H37N5O3/c1-24-10-9-15-28(25(24)2)34-31(40)35-20-17-32(18-21-35)30(39)36(23-37(32)27-13-7-4-8-14-27)22-29(38)33-19-16-26-11-5-3-6-12-26/h3-15H,16-23H2,1-2H3,(H,33,38)(H,34,40). The summed E-state index contributed by atoms with van der Waals surface area (Å²) in [5, 5.41) is 6.01. The highest BCUT2D eigenvalue weighted by molar-refractivity contribution is 5.97. The highest BCUT2D eigenvalue weighted by Gasteiger charge is 2.54. The number of urea groups is 1. The summed E-state index contributed by atoms with van der Waals surface area (Å²) in [7, 11) is 0. The number of nitrogens with one attached hydrogen (secondary N) is 2. The Bertz CT molecular complexity index is 1350. The normalized spacial score (nSPS) is 16.4. The first-order valence-electron chi connectivity index (χ1n) is 13.9. The van der Waals surface area contributed by atoms with Crippen molar-refractivity contribution in [3.63, 3.8) is 0 Å². The number of para-hydroxylation sites is 1. The topological polar surface area (TPSA) is 85.0 Å². The van der Waals surface area contributed by atoms with Crippen LogP contribution in [0.15, 0.2) is 78.9 Å². The molecule has 8 nitrogen and oxygen atoms in total. The van der Waals surface area contributed by atoms with E-state index in [9.17, 15) is 14.4 Å². The monoisotopic (exact) mass is 539 g/mol. The number of carbonyl (C=O) groups is 3. The van der Waals surface area contributed by atoms with Crippen molar-refractivity contribution in [1.82, 2.24) is 15.1 Å². The van der Waals surface area contributed by atoms with Crippen molar-refractivity contribution in [3.05, 3.63) is 95.6 Å². The maximum Gasteiger partial charge on any atom is 0.321 e. The molecular formula is C32H37N5O3. The Labute approximate surface area is 236 Å². The zero-order chi connectivity index (χ0) is 28.1. The summed E-state index contributed by atoms with van der Waals surface area (Å²) in [6, 6.07) is 25.6. The van der Waals surface area contributed by atoms with E-state index in [1.807, 2.05) is 92.7 Å². The van der Waals surface area contributed by atoms with Gasteiger partial charge in [0.2, 0.25) is 5.91 Å². The van der Waals surface area contributed by atoms with Gasteiger partial charge >= 0.3 is 6.03 Å². The van der Waals surface area contributed by atoms with Gasteiger partial charge in [-0.25, -0.2) is 4.79 Å². The Hall–Kier alpha value is -4.33. The smallest absolute Gasteiger partial charge is 0.321 e. The van der Waals surface area contributed by atoms with Crippen molar-refractivity contribution in [2.24, 2.45) is 0 Å². The molecule has 3 aromatic carbocycles. The highest BCUT2D eigenvalue weighted by Crippen LogP contribution is 2.39. The van der Waals surface area contributed by atoms with E-state index in [0.717, 1.165) is 34.5 Å². The molecule has 5 rings (SSSR count).